The minimum absolute atomic E-state index is 0.637. The summed E-state index contributed by atoms with van der Waals surface area (Å²) >= 11 is 0. The van der Waals surface area contributed by atoms with Gasteiger partial charge in [-0.25, -0.2) is 0 Å². The topological polar surface area (TPSA) is 38.5 Å². The summed E-state index contributed by atoms with van der Waals surface area (Å²) in [6.07, 6.45) is 3.92. The van der Waals surface area contributed by atoms with Crippen LogP contribution in [0, 0.1) is 11.8 Å². The van der Waals surface area contributed by atoms with Crippen LogP contribution < -0.4 is 5.73 Å². The standard InChI is InChI=1S/C12H26N2O/c1-3-11(8-13)9-14(2)6-7-15-10-12-4-5-12/h11-12H,3-10,13H2,1-2H3. The predicted octanol–water partition coefficient (Wildman–Crippen LogP) is 1.33. The molecule has 0 heterocycles. The number of nitrogens with zero attached hydrogens (tertiary/aromatic N) is 1. The summed E-state index contributed by atoms with van der Waals surface area (Å²) in [5.74, 6) is 1.51. The second kappa shape index (κ2) is 7.20. The van der Waals surface area contributed by atoms with Crippen molar-refractivity contribution in [3.8, 4) is 0 Å². The van der Waals surface area contributed by atoms with Crippen molar-refractivity contribution in [2.75, 3.05) is 39.9 Å². The number of hydrogen-bond donors (Lipinski definition) is 1. The minimum atomic E-state index is 0.637. The molecule has 0 spiro atoms. The third-order valence-electron chi connectivity index (χ3n) is 3.15. The fourth-order valence-electron chi connectivity index (χ4n) is 1.66. The molecule has 1 aliphatic carbocycles. The van der Waals surface area contributed by atoms with Crippen LogP contribution in [0.3, 0.4) is 0 Å². The van der Waals surface area contributed by atoms with Gasteiger partial charge in [-0.1, -0.05) is 13.3 Å². The number of rotatable bonds is 9. The average Bonchev–Trinajstić information content (AvgIpc) is 3.05. The van der Waals surface area contributed by atoms with E-state index in [1.807, 2.05) is 0 Å². The van der Waals surface area contributed by atoms with Gasteiger partial charge >= 0.3 is 0 Å². The van der Waals surface area contributed by atoms with E-state index in [1.54, 1.807) is 0 Å². The summed E-state index contributed by atoms with van der Waals surface area (Å²) in [5.41, 5.74) is 5.68. The Bertz CT molecular complexity index is 156. The van der Waals surface area contributed by atoms with Gasteiger partial charge in [-0.2, -0.15) is 0 Å². The summed E-state index contributed by atoms with van der Waals surface area (Å²) in [4.78, 5) is 2.33. The first-order chi connectivity index (χ1) is 7.26. The van der Waals surface area contributed by atoms with E-state index >= 15 is 0 Å². The molecule has 1 unspecified atom stereocenters. The zero-order valence-corrected chi connectivity index (χ0v) is 10.2. The van der Waals surface area contributed by atoms with Gasteiger partial charge in [0, 0.05) is 19.7 Å². The highest BCUT2D eigenvalue weighted by Gasteiger charge is 2.20. The Morgan fingerprint density at radius 1 is 1.47 bits per heavy atom. The molecule has 1 rings (SSSR count). The third-order valence-corrected chi connectivity index (χ3v) is 3.15. The van der Waals surface area contributed by atoms with Crippen molar-refractivity contribution in [1.82, 2.24) is 4.90 Å². The van der Waals surface area contributed by atoms with E-state index in [-0.39, 0.29) is 0 Å². The van der Waals surface area contributed by atoms with Gasteiger partial charge in [0.1, 0.15) is 0 Å². The lowest BCUT2D eigenvalue weighted by Gasteiger charge is -2.21. The van der Waals surface area contributed by atoms with Crippen molar-refractivity contribution >= 4 is 0 Å². The summed E-state index contributed by atoms with van der Waals surface area (Å²) in [6, 6.07) is 0. The highest BCUT2D eigenvalue weighted by molar-refractivity contribution is 4.72. The molecule has 0 aromatic rings. The van der Waals surface area contributed by atoms with Crippen molar-refractivity contribution in [2.24, 2.45) is 17.6 Å². The van der Waals surface area contributed by atoms with Gasteiger partial charge in [-0.05, 0) is 38.3 Å². The second-order valence-electron chi connectivity index (χ2n) is 4.79. The largest absolute Gasteiger partial charge is 0.380 e. The van der Waals surface area contributed by atoms with E-state index in [4.69, 9.17) is 10.5 Å². The van der Waals surface area contributed by atoms with Crippen LogP contribution in [0.4, 0.5) is 0 Å². The fourth-order valence-corrected chi connectivity index (χ4v) is 1.66. The quantitative estimate of drug-likeness (QED) is 0.589. The normalized spacial score (nSPS) is 18.4. The average molecular weight is 214 g/mol. The second-order valence-corrected chi connectivity index (χ2v) is 4.79. The van der Waals surface area contributed by atoms with Gasteiger partial charge in [-0.15, -0.1) is 0 Å². The summed E-state index contributed by atoms with van der Waals surface area (Å²) in [7, 11) is 2.15. The van der Waals surface area contributed by atoms with Crippen LogP contribution in [0.2, 0.25) is 0 Å². The lowest BCUT2D eigenvalue weighted by Crippen LogP contribution is -2.32. The lowest BCUT2D eigenvalue weighted by atomic mass is 10.1. The van der Waals surface area contributed by atoms with Crippen LogP contribution in [-0.4, -0.2) is 44.8 Å². The summed E-state index contributed by atoms with van der Waals surface area (Å²) < 4.78 is 5.60. The molecule has 3 heteroatoms. The van der Waals surface area contributed by atoms with Crippen molar-refractivity contribution in [3.63, 3.8) is 0 Å². The Morgan fingerprint density at radius 2 is 2.20 bits per heavy atom. The van der Waals surface area contributed by atoms with Crippen LogP contribution in [-0.2, 0) is 4.74 Å². The molecule has 90 valence electrons. The Kier molecular flexibility index (Phi) is 6.22. The smallest absolute Gasteiger partial charge is 0.0593 e. The maximum absolute atomic E-state index is 5.68. The number of hydrogen-bond acceptors (Lipinski definition) is 3. The Morgan fingerprint density at radius 3 is 2.73 bits per heavy atom. The highest BCUT2D eigenvalue weighted by Crippen LogP contribution is 2.28. The van der Waals surface area contributed by atoms with Crippen LogP contribution in [0.25, 0.3) is 0 Å². The van der Waals surface area contributed by atoms with Crippen molar-refractivity contribution < 1.29 is 4.74 Å². The maximum atomic E-state index is 5.68. The van der Waals surface area contributed by atoms with Crippen LogP contribution in [0.15, 0.2) is 0 Å². The van der Waals surface area contributed by atoms with Gasteiger partial charge in [0.15, 0.2) is 0 Å². The van der Waals surface area contributed by atoms with E-state index in [0.717, 1.165) is 38.8 Å². The van der Waals surface area contributed by atoms with E-state index in [9.17, 15) is 0 Å². The van der Waals surface area contributed by atoms with Crippen molar-refractivity contribution in [2.45, 2.75) is 26.2 Å². The Hall–Kier alpha value is -0.120. The molecular weight excluding hydrogens is 188 g/mol. The van der Waals surface area contributed by atoms with Crippen molar-refractivity contribution in [1.29, 1.82) is 0 Å². The zero-order valence-electron chi connectivity index (χ0n) is 10.2. The molecule has 0 aromatic heterocycles. The third kappa shape index (κ3) is 6.13. The Balaban J connectivity index is 1.93. The van der Waals surface area contributed by atoms with Crippen LogP contribution in [0.1, 0.15) is 26.2 Å². The summed E-state index contributed by atoms with van der Waals surface area (Å²) in [5, 5.41) is 0. The van der Waals surface area contributed by atoms with Crippen LogP contribution in [0.5, 0.6) is 0 Å². The molecule has 0 saturated heterocycles. The molecule has 2 N–H and O–H groups in total. The first-order valence-electron chi connectivity index (χ1n) is 6.22. The number of likely N-dealkylation sites (N-methyl/N-ethyl adjacent to an activating group) is 1. The molecule has 1 aliphatic rings. The van der Waals surface area contributed by atoms with Gasteiger partial charge in [0.05, 0.1) is 6.61 Å². The van der Waals surface area contributed by atoms with Crippen LogP contribution >= 0.6 is 0 Å². The molecule has 0 radical (unpaired) electrons. The summed E-state index contributed by atoms with van der Waals surface area (Å²) in [6.45, 7) is 6.97. The van der Waals surface area contributed by atoms with Gasteiger partial charge in [0.2, 0.25) is 0 Å². The first-order valence-corrected chi connectivity index (χ1v) is 6.22. The molecule has 0 aliphatic heterocycles. The van der Waals surface area contributed by atoms with Gasteiger partial charge in [0.25, 0.3) is 0 Å². The van der Waals surface area contributed by atoms with E-state index in [1.165, 1.54) is 19.3 Å². The SMILES string of the molecule is CCC(CN)CN(C)CCOCC1CC1. The minimum Gasteiger partial charge on any atom is -0.380 e. The molecular formula is C12H26N2O. The van der Waals surface area contributed by atoms with E-state index < -0.39 is 0 Å². The number of ether oxygens (including phenoxy) is 1. The molecule has 0 bridgehead atoms. The molecule has 0 amide bonds. The highest BCUT2D eigenvalue weighted by atomic mass is 16.5. The monoisotopic (exact) mass is 214 g/mol. The molecule has 1 atom stereocenters. The fraction of sp³-hybridized carbons (Fsp3) is 1.00. The van der Waals surface area contributed by atoms with E-state index in [2.05, 4.69) is 18.9 Å². The Labute approximate surface area is 94.0 Å². The molecule has 1 saturated carbocycles. The maximum Gasteiger partial charge on any atom is 0.0593 e. The van der Waals surface area contributed by atoms with E-state index in [0.29, 0.717) is 5.92 Å². The van der Waals surface area contributed by atoms with Gasteiger partial charge in [-0.3, -0.25) is 0 Å². The van der Waals surface area contributed by atoms with Crippen molar-refractivity contribution in [3.05, 3.63) is 0 Å². The molecule has 3 nitrogen and oxygen atoms in total. The molecule has 15 heavy (non-hydrogen) atoms. The first kappa shape index (κ1) is 12.9. The zero-order chi connectivity index (χ0) is 11.1. The number of nitrogens with two attached hydrogens (primary N) is 1. The molecule has 1 fully saturated rings. The molecule has 0 aromatic carbocycles. The van der Waals surface area contributed by atoms with Gasteiger partial charge < -0.3 is 15.4 Å². The predicted molar refractivity (Wildman–Crippen MR) is 63.9 cm³/mol. The lowest BCUT2D eigenvalue weighted by molar-refractivity contribution is 0.0992.